The monoisotopic (exact) mass is 609 g/mol. The zero-order valence-electron chi connectivity index (χ0n) is 24.5. The number of anilines is 3. The number of hydrogen-bond donors (Lipinski definition) is 3. The van der Waals surface area contributed by atoms with Crippen molar-refractivity contribution in [2.45, 2.75) is 6.42 Å². The van der Waals surface area contributed by atoms with Crippen molar-refractivity contribution in [3.05, 3.63) is 108 Å². The van der Waals surface area contributed by atoms with E-state index in [4.69, 9.17) is 27.4 Å². The third-order valence-corrected chi connectivity index (χ3v) is 7.41. The smallest absolute Gasteiger partial charge is 0.334 e. The summed E-state index contributed by atoms with van der Waals surface area (Å²) in [5.74, 6) is 1.29. The van der Waals surface area contributed by atoms with Crippen LogP contribution in [0.25, 0.3) is 11.3 Å². The van der Waals surface area contributed by atoms with Gasteiger partial charge in [0, 0.05) is 49.5 Å². The zero-order chi connectivity index (χ0) is 30.7. The normalized spacial score (nSPS) is 13.2. The lowest BCUT2D eigenvalue weighted by Gasteiger charge is -2.37. The Labute approximate surface area is 262 Å². The largest absolute Gasteiger partial charge is 0.497 e. The van der Waals surface area contributed by atoms with Gasteiger partial charge in [0.25, 0.3) is 0 Å². The summed E-state index contributed by atoms with van der Waals surface area (Å²) in [5.41, 5.74) is 10.9. The Morgan fingerprint density at radius 1 is 0.909 bits per heavy atom. The van der Waals surface area contributed by atoms with Gasteiger partial charge in [0.2, 0.25) is 0 Å². The molecule has 0 radical (unpaired) electrons. The number of nitrogens with one attached hydrogen (secondary N) is 2. The molecule has 4 N–H and O–H groups in total. The van der Waals surface area contributed by atoms with Crippen LogP contribution in [0.15, 0.2) is 103 Å². The van der Waals surface area contributed by atoms with Crippen LogP contribution >= 0.6 is 12.2 Å². The van der Waals surface area contributed by atoms with E-state index in [1.807, 2.05) is 95.9 Å². The molecule has 1 aliphatic heterocycles. The number of nitrogens with zero attached hydrogens (tertiary/aromatic N) is 4. The fourth-order valence-electron chi connectivity index (χ4n) is 4.82. The number of ether oxygens (including phenoxy) is 2. The highest BCUT2D eigenvalue weighted by atomic mass is 32.1. The van der Waals surface area contributed by atoms with Gasteiger partial charge in [-0.3, -0.25) is 0 Å². The van der Waals surface area contributed by atoms with Gasteiger partial charge in [0.15, 0.2) is 10.9 Å². The molecule has 0 aliphatic carbocycles. The van der Waals surface area contributed by atoms with E-state index in [9.17, 15) is 4.79 Å². The Kier molecular flexibility index (Phi) is 10.2. The van der Waals surface area contributed by atoms with Gasteiger partial charge in [-0.25, -0.2) is 4.79 Å². The lowest BCUT2D eigenvalue weighted by molar-refractivity contribution is -0.137. The summed E-state index contributed by atoms with van der Waals surface area (Å²) in [5, 5.41) is 15.2. The Bertz CT molecular complexity index is 1570. The molecule has 226 valence electrons. The van der Waals surface area contributed by atoms with E-state index in [1.54, 1.807) is 7.11 Å². The second-order valence-electron chi connectivity index (χ2n) is 10.1. The quantitative estimate of drug-likeness (QED) is 0.132. The van der Waals surface area contributed by atoms with Crippen molar-refractivity contribution < 1.29 is 14.3 Å². The number of carbonyl (C=O) groups is 1. The molecule has 11 heteroatoms. The molecule has 0 bridgehead atoms. The van der Waals surface area contributed by atoms with Crippen LogP contribution in [0.4, 0.5) is 17.2 Å². The van der Waals surface area contributed by atoms with Gasteiger partial charge in [0.1, 0.15) is 11.6 Å². The Morgan fingerprint density at radius 2 is 1.64 bits per heavy atom. The molecule has 1 saturated heterocycles. The summed E-state index contributed by atoms with van der Waals surface area (Å²) in [6, 6.07) is 29.3. The average Bonchev–Trinajstić information content (AvgIpc) is 3.06. The van der Waals surface area contributed by atoms with Gasteiger partial charge in [-0.05, 0) is 60.2 Å². The number of hydrogen-bond acceptors (Lipinski definition) is 9. The molecule has 1 fully saturated rings. The summed E-state index contributed by atoms with van der Waals surface area (Å²) in [4.78, 5) is 16.8. The van der Waals surface area contributed by atoms with E-state index in [1.165, 1.54) is 6.08 Å². The number of rotatable bonds is 10. The van der Waals surface area contributed by atoms with Crippen LogP contribution in [0.2, 0.25) is 0 Å². The highest BCUT2D eigenvalue weighted by molar-refractivity contribution is 7.80. The van der Waals surface area contributed by atoms with E-state index in [0.717, 1.165) is 47.0 Å². The molecule has 0 unspecified atom stereocenters. The molecule has 4 aromatic rings. The van der Waals surface area contributed by atoms with Crippen molar-refractivity contribution in [2.24, 2.45) is 5.73 Å². The van der Waals surface area contributed by atoms with Gasteiger partial charge < -0.3 is 35.6 Å². The molecule has 1 aromatic heterocycles. The maximum atomic E-state index is 12.5. The zero-order valence-corrected chi connectivity index (χ0v) is 25.3. The van der Waals surface area contributed by atoms with Crippen LogP contribution in [0.5, 0.6) is 5.75 Å². The van der Waals surface area contributed by atoms with Crippen LogP contribution in [0.3, 0.4) is 0 Å². The topological polar surface area (TPSA) is 118 Å². The van der Waals surface area contributed by atoms with Crippen LogP contribution in [-0.2, 0) is 16.0 Å². The van der Waals surface area contributed by atoms with Gasteiger partial charge >= 0.3 is 5.97 Å². The number of esters is 1. The molecule has 2 heterocycles. The van der Waals surface area contributed by atoms with Gasteiger partial charge in [-0.1, -0.05) is 48.5 Å². The molecule has 10 nitrogen and oxygen atoms in total. The van der Waals surface area contributed by atoms with Crippen LogP contribution in [-0.4, -0.2) is 66.1 Å². The summed E-state index contributed by atoms with van der Waals surface area (Å²) in [7, 11) is 1.66. The van der Waals surface area contributed by atoms with Gasteiger partial charge in [0.05, 0.1) is 25.5 Å². The Morgan fingerprint density at radius 3 is 2.34 bits per heavy atom. The first kappa shape index (κ1) is 30.3. The second kappa shape index (κ2) is 14.8. The molecule has 3 aromatic carbocycles. The van der Waals surface area contributed by atoms with E-state index < -0.39 is 5.97 Å². The Hall–Kier alpha value is -5.16. The molecule has 0 amide bonds. The lowest BCUT2D eigenvalue weighted by Crippen LogP contribution is -2.47. The SMILES string of the molecule is COc1ccc(N2CCN(C(N)=CC(=O)OCCc3ccccc3NC(=S)Nc3ccc(-c4ccccc4)nn3)CC2)cc1. The minimum absolute atomic E-state index is 0.194. The fraction of sp³-hybridized carbons (Fsp3) is 0.212. The number of aromatic nitrogens is 2. The second-order valence-corrected chi connectivity index (χ2v) is 10.5. The first-order valence-electron chi connectivity index (χ1n) is 14.3. The van der Waals surface area contributed by atoms with Gasteiger partial charge in [-0.2, -0.15) is 0 Å². The standard InChI is InChI=1S/C33H35N7O3S/c1-42-27-13-11-26(12-14-27)39-18-20-40(21-19-39)30(34)23-32(41)43-22-17-25-9-5-6-10-28(25)35-33(44)36-31-16-15-29(37-38-31)24-7-3-2-4-8-24/h2-16,23H,17-22,34H2,1H3,(H2,35,36,38,44). The van der Waals surface area contributed by atoms with E-state index in [-0.39, 0.29) is 6.61 Å². The van der Waals surface area contributed by atoms with Crippen LogP contribution < -0.4 is 26.0 Å². The first-order valence-corrected chi connectivity index (χ1v) is 14.7. The average molecular weight is 610 g/mol. The number of carbonyl (C=O) groups excluding carboxylic acids is 1. The van der Waals surface area contributed by atoms with Crippen molar-refractivity contribution in [3.8, 4) is 17.0 Å². The summed E-state index contributed by atoms with van der Waals surface area (Å²) in [6.07, 6.45) is 1.85. The van der Waals surface area contributed by atoms with Crippen molar-refractivity contribution >= 4 is 40.5 Å². The van der Waals surface area contributed by atoms with Crippen molar-refractivity contribution in [3.63, 3.8) is 0 Å². The van der Waals surface area contributed by atoms with Crippen molar-refractivity contribution in [1.29, 1.82) is 0 Å². The number of para-hydroxylation sites is 1. The fourth-order valence-corrected chi connectivity index (χ4v) is 5.04. The molecule has 0 atom stereocenters. The molecule has 5 rings (SSSR count). The first-order chi connectivity index (χ1) is 21.5. The van der Waals surface area contributed by atoms with Crippen LogP contribution in [0, 0.1) is 0 Å². The van der Waals surface area contributed by atoms with E-state index in [2.05, 4.69) is 25.7 Å². The number of benzene rings is 3. The maximum Gasteiger partial charge on any atom is 0.334 e. The third-order valence-electron chi connectivity index (χ3n) is 7.21. The van der Waals surface area contributed by atoms with E-state index >= 15 is 0 Å². The predicted octanol–water partition coefficient (Wildman–Crippen LogP) is 4.67. The minimum Gasteiger partial charge on any atom is -0.497 e. The summed E-state index contributed by atoms with van der Waals surface area (Å²) in [6.45, 7) is 3.19. The van der Waals surface area contributed by atoms with E-state index in [0.29, 0.717) is 36.3 Å². The molecule has 0 spiro atoms. The molecular weight excluding hydrogens is 574 g/mol. The molecule has 44 heavy (non-hydrogen) atoms. The van der Waals surface area contributed by atoms with Crippen LogP contribution in [0.1, 0.15) is 5.56 Å². The maximum absolute atomic E-state index is 12.5. The number of methoxy groups -OCH3 is 1. The molecular formula is C33H35N7O3S. The van der Waals surface area contributed by atoms with Crippen molar-refractivity contribution in [1.82, 2.24) is 15.1 Å². The summed E-state index contributed by atoms with van der Waals surface area (Å²) >= 11 is 5.50. The number of nitrogens with two attached hydrogens (primary N) is 1. The third kappa shape index (κ3) is 8.23. The Balaban J connectivity index is 1.07. The molecule has 0 saturated carbocycles. The van der Waals surface area contributed by atoms with Crippen molar-refractivity contribution in [2.75, 3.05) is 55.4 Å². The lowest BCUT2D eigenvalue weighted by atomic mass is 10.1. The van der Waals surface area contributed by atoms with Gasteiger partial charge in [-0.15, -0.1) is 10.2 Å². The highest BCUT2D eigenvalue weighted by Gasteiger charge is 2.19. The molecule has 1 aliphatic rings. The number of thiocarbonyl (C=S) groups is 1. The summed E-state index contributed by atoms with van der Waals surface area (Å²) < 4.78 is 10.7. The highest BCUT2D eigenvalue weighted by Crippen LogP contribution is 2.22. The predicted molar refractivity (Wildman–Crippen MR) is 177 cm³/mol. The number of piperazine rings is 1. The minimum atomic E-state index is -0.472.